The van der Waals surface area contributed by atoms with E-state index in [4.69, 9.17) is 4.74 Å². The van der Waals surface area contributed by atoms with Gasteiger partial charge < -0.3 is 4.74 Å². The summed E-state index contributed by atoms with van der Waals surface area (Å²) >= 11 is 1.51. The van der Waals surface area contributed by atoms with Crippen LogP contribution in [0.15, 0.2) is 84.4 Å². The van der Waals surface area contributed by atoms with Gasteiger partial charge in [0.2, 0.25) is 0 Å². The Labute approximate surface area is 187 Å². The number of benzene rings is 2. The number of aromatic nitrogens is 5. The molecule has 0 spiro atoms. The van der Waals surface area contributed by atoms with Gasteiger partial charge in [-0.25, -0.2) is 4.79 Å². The molecule has 0 fully saturated rings. The first-order valence-electron chi connectivity index (χ1n) is 9.89. The molecule has 0 aliphatic rings. The number of esters is 1. The Morgan fingerprint density at radius 3 is 2.72 bits per heavy atom. The van der Waals surface area contributed by atoms with Crippen LogP contribution in [0.1, 0.15) is 10.4 Å². The zero-order valence-corrected chi connectivity index (χ0v) is 17.6. The van der Waals surface area contributed by atoms with Gasteiger partial charge in [0.15, 0.2) is 11.5 Å². The number of carbonyl (C=O) groups excluding carboxylic acids is 1. The Morgan fingerprint density at radius 2 is 1.88 bits per heavy atom. The van der Waals surface area contributed by atoms with Crippen molar-refractivity contribution in [2.45, 2.75) is 6.61 Å². The normalized spacial score (nSPS) is 11.6. The monoisotopic (exact) mass is 439 g/mol. The number of rotatable bonds is 6. The molecule has 0 unspecified atom stereocenters. The zero-order valence-electron chi connectivity index (χ0n) is 16.8. The summed E-state index contributed by atoms with van der Waals surface area (Å²) in [7, 11) is 0. The molecule has 0 atom stereocenters. The average Bonchev–Trinajstić information content (AvgIpc) is 3.54. The third-order valence-corrected chi connectivity index (χ3v) is 5.66. The standard InChI is InChI=1S/C24H17N5O2S/c30-24(31-16-19-10-4-9-17-11-5-13-25-22(17)19)21(15-20-12-6-14-32-20)29-23(26-27-28-29)18-7-2-1-3-8-18/h1-15H,16H2/b21-15-. The van der Waals surface area contributed by atoms with E-state index in [1.54, 1.807) is 12.3 Å². The minimum Gasteiger partial charge on any atom is -0.456 e. The van der Waals surface area contributed by atoms with Crippen molar-refractivity contribution >= 4 is 40.0 Å². The lowest BCUT2D eigenvalue weighted by Gasteiger charge is -2.11. The third-order valence-electron chi connectivity index (χ3n) is 4.84. The minimum absolute atomic E-state index is 0.0811. The largest absolute Gasteiger partial charge is 0.456 e. The molecule has 0 saturated carbocycles. The van der Waals surface area contributed by atoms with E-state index >= 15 is 0 Å². The molecule has 8 heteroatoms. The molecular formula is C24H17N5O2S. The van der Waals surface area contributed by atoms with E-state index in [1.807, 2.05) is 78.2 Å². The van der Waals surface area contributed by atoms with Crippen molar-refractivity contribution in [2.24, 2.45) is 0 Å². The van der Waals surface area contributed by atoms with E-state index in [0.717, 1.165) is 26.9 Å². The molecule has 3 heterocycles. The topological polar surface area (TPSA) is 82.8 Å². The zero-order chi connectivity index (χ0) is 21.8. The Morgan fingerprint density at radius 1 is 1.00 bits per heavy atom. The second-order valence-electron chi connectivity index (χ2n) is 6.89. The Hall–Kier alpha value is -4.17. The quantitative estimate of drug-likeness (QED) is 0.282. The maximum Gasteiger partial charge on any atom is 0.357 e. The Bertz CT molecular complexity index is 1390. The van der Waals surface area contributed by atoms with Crippen molar-refractivity contribution in [3.63, 3.8) is 0 Å². The molecule has 2 aromatic carbocycles. The molecule has 32 heavy (non-hydrogen) atoms. The summed E-state index contributed by atoms with van der Waals surface area (Å²) in [5, 5.41) is 14.9. The molecule has 0 radical (unpaired) electrons. The van der Waals surface area contributed by atoms with Crippen LogP contribution >= 0.6 is 11.3 Å². The van der Waals surface area contributed by atoms with E-state index in [0.29, 0.717) is 5.82 Å². The molecule has 0 aliphatic heterocycles. The lowest BCUT2D eigenvalue weighted by atomic mass is 10.1. The highest BCUT2D eigenvalue weighted by Crippen LogP contribution is 2.24. The van der Waals surface area contributed by atoms with E-state index in [1.165, 1.54) is 16.0 Å². The van der Waals surface area contributed by atoms with Gasteiger partial charge in [0.1, 0.15) is 6.61 Å². The predicted octanol–water partition coefficient (Wildman–Crippen LogP) is 4.69. The van der Waals surface area contributed by atoms with Crippen LogP contribution in [0.4, 0.5) is 0 Å². The molecule has 0 N–H and O–H groups in total. The summed E-state index contributed by atoms with van der Waals surface area (Å²) in [4.78, 5) is 18.6. The summed E-state index contributed by atoms with van der Waals surface area (Å²) < 4.78 is 7.12. The highest BCUT2D eigenvalue weighted by molar-refractivity contribution is 7.10. The molecule has 0 aliphatic carbocycles. The summed E-state index contributed by atoms with van der Waals surface area (Å²) in [5.41, 5.74) is 2.65. The van der Waals surface area contributed by atoms with Crippen molar-refractivity contribution in [2.75, 3.05) is 0 Å². The van der Waals surface area contributed by atoms with Crippen LogP contribution in [0, 0.1) is 0 Å². The van der Waals surface area contributed by atoms with Crippen molar-refractivity contribution in [3.8, 4) is 11.4 Å². The van der Waals surface area contributed by atoms with Crippen LogP contribution in [0.3, 0.4) is 0 Å². The number of tetrazole rings is 1. The van der Waals surface area contributed by atoms with Crippen LogP contribution in [0.25, 0.3) is 34.1 Å². The van der Waals surface area contributed by atoms with Gasteiger partial charge in [-0.15, -0.1) is 16.4 Å². The lowest BCUT2D eigenvalue weighted by Crippen LogP contribution is -2.15. The molecule has 156 valence electrons. The number of carbonyl (C=O) groups is 1. The summed E-state index contributed by atoms with van der Waals surface area (Å²) in [6.07, 6.45) is 3.46. The number of nitrogens with zero attached hydrogens (tertiary/aromatic N) is 5. The van der Waals surface area contributed by atoms with Gasteiger partial charge in [-0.05, 0) is 34.0 Å². The second-order valence-corrected chi connectivity index (χ2v) is 7.87. The molecule has 0 amide bonds. The van der Waals surface area contributed by atoms with Gasteiger partial charge in [-0.2, -0.15) is 4.68 Å². The number of fused-ring (bicyclic) bond motifs is 1. The van der Waals surface area contributed by atoms with Crippen LogP contribution in [0.2, 0.25) is 0 Å². The SMILES string of the molecule is O=C(OCc1cccc2cccnc12)/C(=C/c1cccs1)n1nnnc1-c1ccccc1. The molecule has 3 aromatic heterocycles. The van der Waals surface area contributed by atoms with E-state index in [9.17, 15) is 4.79 Å². The molecule has 5 rings (SSSR count). The van der Waals surface area contributed by atoms with Crippen molar-refractivity contribution in [3.05, 3.63) is 94.8 Å². The Balaban J connectivity index is 1.49. The summed E-state index contributed by atoms with van der Waals surface area (Å²) in [5.74, 6) is -0.0759. The molecule has 5 aromatic rings. The fourth-order valence-corrected chi connectivity index (χ4v) is 3.98. The van der Waals surface area contributed by atoms with Gasteiger partial charge >= 0.3 is 5.97 Å². The van der Waals surface area contributed by atoms with Crippen molar-refractivity contribution in [1.29, 1.82) is 0 Å². The summed E-state index contributed by atoms with van der Waals surface area (Å²) in [6, 6.07) is 22.9. The Kier molecular flexibility index (Phi) is 5.50. The van der Waals surface area contributed by atoms with Gasteiger partial charge in [0.25, 0.3) is 0 Å². The smallest absolute Gasteiger partial charge is 0.357 e. The van der Waals surface area contributed by atoms with Crippen LogP contribution in [0.5, 0.6) is 0 Å². The predicted molar refractivity (Wildman–Crippen MR) is 123 cm³/mol. The molecule has 0 saturated heterocycles. The highest BCUT2D eigenvalue weighted by Gasteiger charge is 2.21. The fraction of sp³-hybridized carbons (Fsp3) is 0.0417. The first kappa shape index (κ1) is 19.8. The van der Waals surface area contributed by atoms with Gasteiger partial charge in [0.05, 0.1) is 5.52 Å². The van der Waals surface area contributed by atoms with Crippen LogP contribution in [-0.4, -0.2) is 31.2 Å². The van der Waals surface area contributed by atoms with Crippen LogP contribution < -0.4 is 0 Å². The average molecular weight is 440 g/mol. The third kappa shape index (κ3) is 4.03. The molecule has 0 bridgehead atoms. The second kappa shape index (κ2) is 8.91. The number of ether oxygens (including phenoxy) is 1. The maximum atomic E-state index is 13.2. The summed E-state index contributed by atoms with van der Waals surface area (Å²) in [6.45, 7) is 0.0811. The van der Waals surface area contributed by atoms with Crippen molar-refractivity contribution < 1.29 is 9.53 Å². The van der Waals surface area contributed by atoms with Gasteiger partial charge in [0, 0.05) is 27.6 Å². The van der Waals surface area contributed by atoms with Gasteiger partial charge in [-0.3, -0.25) is 4.98 Å². The number of pyridine rings is 1. The highest BCUT2D eigenvalue weighted by atomic mass is 32.1. The van der Waals surface area contributed by atoms with Gasteiger partial charge in [-0.1, -0.05) is 60.7 Å². The first-order chi connectivity index (χ1) is 15.8. The number of hydrogen-bond donors (Lipinski definition) is 0. The number of thiophene rings is 1. The van der Waals surface area contributed by atoms with Crippen LogP contribution in [-0.2, 0) is 16.1 Å². The molecular weight excluding hydrogens is 422 g/mol. The van der Waals surface area contributed by atoms with E-state index in [2.05, 4.69) is 20.5 Å². The maximum absolute atomic E-state index is 13.2. The lowest BCUT2D eigenvalue weighted by molar-refractivity contribution is -0.138. The minimum atomic E-state index is -0.532. The fourth-order valence-electron chi connectivity index (χ4n) is 3.33. The number of hydrogen-bond acceptors (Lipinski definition) is 7. The van der Waals surface area contributed by atoms with E-state index < -0.39 is 5.97 Å². The number of para-hydroxylation sites is 1. The first-order valence-corrected chi connectivity index (χ1v) is 10.8. The van der Waals surface area contributed by atoms with Crippen molar-refractivity contribution in [1.82, 2.24) is 25.2 Å². The molecule has 7 nitrogen and oxygen atoms in total. The van der Waals surface area contributed by atoms with E-state index in [-0.39, 0.29) is 12.3 Å².